The molecule has 0 aromatic heterocycles. The maximum Gasteiger partial charge on any atom is 0.319 e. The van der Waals surface area contributed by atoms with Crippen LogP contribution < -0.4 is 5.32 Å². The summed E-state index contributed by atoms with van der Waals surface area (Å²) >= 11 is 0. The lowest BCUT2D eigenvalue weighted by Gasteiger charge is -2.04. The molecule has 0 aliphatic carbocycles. The van der Waals surface area contributed by atoms with Gasteiger partial charge in [-0.25, -0.2) is 0 Å². The zero-order chi connectivity index (χ0) is 19.4. The molecule has 2 aromatic carbocycles. The monoisotopic (exact) mass is 361 g/mol. The summed E-state index contributed by atoms with van der Waals surface area (Å²) in [5, 5.41) is 51.0. The van der Waals surface area contributed by atoms with Crippen LogP contribution in [0.5, 0.6) is 11.5 Å². The normalized spacial score (nSPS) is 10.7. The van der Waals surface area contributed by atoms with Crippen molar-refractivity contribution < 1.29 is 24.9 Å². The van der Waals surface area contributed by atoms with E-state index in [1.807, 2.05) is 0 Å². The van der Waals surface area contributed by atoms with Crippen molar-refractivity contribution in [1.82, 2.24) is 0 Å². The van der Waals surface area contributed by atoms with Gasteiger partial charge in [0.2, 0.25) is 11.7 Å². The minimum Gasteiger partial charge on any atom is -0.506 e. The first-order chi connectivity index (χ1) is 12.2. The van der Waals surface area contributed by atoms with E-state index >= 15 is 0 Å². The second-order valence-electron chi connectivity index (χ2n) is 4.93. The fourth-order valence-electron chi connectivity index (χ4n) is 1.90. The summed E-state index contributed by atoms with van der Waals surface area (Å²) in [6.45, 7) is 1.27. The number of azo groups is 1. The van der Waals surface area contributed by atoms with Crippen molar-refractivity contribution in [1.29, 1.82) is 0 Å². The SMILES string of the molecule is CC(=O)Nc1ccc(O)c(N=Nc2cc([N+](=O)[O-])cc([N+](=O)[O-])c2O)c1. The highest BCUT2D eigenvalue weighted by molar-refractivity contribution is 5.89. The summed E-state index contributed by atoms with van der Waals surface area (Å²) in [5.41, 5.74) is -1.96. The second kappa shape index (κ2) is 7.21. The van der Waals surface area contributed by atoms with Gasteiger partial charge in [0.1, 0.15) is 17.1 Å². The molecule has 1 amide bonds. The van der Waals surface area contributed by atoms with Crippen LogP contribution >= 0.6 is 0 Å². The summed E-state index contributed by atoms with van der Waals surface area (Å²) in [6.07, 6.45) is 0. The van der Waals surface area contributed by atoms with Gasteiger partial charge < -0.3 is 15.5 Å². The van der Waals surface area contributed by atoms with Crippen LogP contribution in [0.15, 0.2) is 40.6 Å². The van der Waals surface area contributed by atoms with Gasteiger partial charge in [-0.1, -0.05) is 0 Å². The Morgan fingerprint density at radius 1 is 1.04 bits per heavy atom. The minimum atomic E-state index is -1.00. The number of amides is 1. The van der Waals surface area contributed by atoms with Crippen molar-refractivity contribution in [2.45, 2.75) is 6.92 Å². The molecular weight excluding hydrogens is 350 g/mol. The van der Waals surface area contributed by atoms with Gasteiger partial charge in [0, 0.05) is 18.7 Å². The number of phenolic OH excluding ortho intramolecular Hbond substituents is 2. The van der Waals surface area contributed by atoms with E-state index < -0.39 is 32.7 Å². The zero-order valence-electron chi connectivity index (χ0n) is 13.1. The van der Waals surface area contributed by atoms with Gasteiger partial charge in [-0.3, -0.25) is 25.0 Å². The van der Waals surface area contributed by atoms with E-state index in [9.17, 15) is 35.2 Å². The van der Waals surface area contributed by atoms with E-state index in [0.717, 1.165) is 6.07 Å². The number of carbonyl (C=O) groups is 1. The number of carbonyl (C=O) groups excluding carboxylic acids is 1. The number of hydrogen-bond acceptors (Lipinski definition) is 9. The van der Waals surface area contributed by atoms with Gasteiger partial charge in [0.25, 0.3) is 5.69 Å². The van der Waals surface area contributed by atoms with Crippen LogP contribution in [0.4, 0.5) is 28.4 Å². The molecule has 0 saturated heterocycles. The molecule has 0 bridgehead atoms. The predicted octanol–water partition coefficient (Wildman–Crippen LogP) is 3.29. The Morgan fingerprint density at radius 3 is 2.27 bits per heavy atom. The van der Waals surface area contributed by atoms with Crippen LogP contribution in [0.1, 0.15) is 6.92 Å². The maximum atomic E-state index is 11.0. The number of hydrogen-bond donors (Lipinski definition) is 3. The smallest absolute Gasteiger partial charge is 0.319 e. The van der Waals surface area contributed by atoms with E-state index in [1.165, 1.54) is 25.1 Å². The number of aromatic hydroxyl groups is 2. The molecule has 0 atom stereocenters. The first-order valence-electron chi connectivity index (χ1n) is 6.87. The Labute approximate surface area is 144 Å². The number of nitro benzene ring substituents is 2. The van der Waals surface area contributed by atoms with Crippen molar-refractivity contribution in [2.75, 3.05) is 5.32 Å². The number of anilines is 1. The molecule has 26 heavy (non-hydrogen) atoms. The van der Waals surface area contributed by atoms with E-state index in [4.69, 9.17) is 0 Å². The molecule has 0 radical (unpaired) electrons. The van der Waals surface area contributed by atoms with E-state index in [-0.39, 0.29) is 17.3 Å². The number of nitro groups is 2. The molecule has 2 rings (SSSR count). The number of nitrogens with one attached hydrogen (secondary N) is 1. The molecule has 0 heterocycles. The van der Waals surface area contributed by atoms with Crippen molar-refractivity contribution >= 4 is 34.3 Å². The van der Waals surface area contributed by atoms with E-state index in [2.05, 4.69) is 15.5 Å². The van der Waals surface area contributed by atoms with Crippen molar-refractivity contribution in [3.63, 3.8) is 0 Å². The lowest BCUT2D eigenvalue weighted by molar-refractivity contribution is -0.394. The Balaban J connectivity index is 2.49. The minimum absolute atomic E-state index is 0.134. The zero-order valence-corrected chi connectivity index (χ0v) is 13.1. The fourth-order valence-corrected chi connectivity index (χ4v) is 1.90. The molecule has 0 aliphatic heterocycles. The van der Waals surface area contributed by atoms with Crippen LogP contribution in [0.2, 0.25) is 0 Å². The summed E-state index contributed by atoms with van der Waals surface area (Å²) in [7, 11) is 0. The number of non-ortho nitro benzene ring substituents is 1. The molecule has 0 fully saturated rings. The molecule has 12 heteroatoms. The van der Waals surface area contributed by atoms with Gasteiger partial charge in [0.15, 0.2) is 0 Å². The largest absolute Gasteiger partial charge is 0.506 e. The van der Waals surface area contributed by atoms with Crippen molar-refractivity contribution in [3.8, 4) is 11.5 Å². The van der Waals surface area contributed by atoms with Crippen molar-refractivity contribution in [2.24, 2.45) is 10.2 Å². The topological polar surface area (TPSA) is 181 Å². The van der Waals surface area contributed by atoms with Crippen LogP contribution in [-0.4, -0.2) is 26.0 Å². The molecular formula is C14H11N5O7. The van der Waals surface area contributed by atoms with Crippen LogP contribution in [-0.2, 0) is 4.79 Å². The molecule has 134 valence electrons. The molecule has 3 N–H and O–H groups in total. The Bertz CT molecular complexity index is 942. The van der Waals surface area contributed by atoms with Gasteiger partial charge in [-0.15, -0.1) is 10.2 Å². The van der Waals surface area contributed by atoms with Gasteiger partial charge in [-0.05, 0) is 18.2 Å². The number of nitrogens with zero attached hydrogens (tertiary/aromatic N) is 4. The maximum absolute atomic E-state index is 11.0. The van der Waals surface area contributed by atoms with E-state index in [1.54, 1.807) is 0 Å². The summed E-state index contributed by atoms with van der Waals surface area (Å²) < 4.78 is 0. The number of phenols is 2. The summed E-state index contributed by atoms with van der Waals surface area (Å²) in [6, 6.07) is 5.24. The van der Waals surface area contributed by atoms with Crippen molar-refractivity contribution in [3.05, 3.63) is 50.6 Å². The molecule has 0 saturated carbocycles. The lowest BCUT2D eigenvalue weighted by atomic mass is 10.2. The second-order valence-corrected chi connectivity index (χ2v) is 4.93. The van der Waals surface area contributed by atoms with Gasteiger partial charge >= 0.3 is 5.69 Å². The highest BCUT2D eigenvalue weighted by atomic mass is 16.6. The lowest BCUT2D eigenvalue weighted by Crippen LogP contribution is -2.05. The number of benzene rings is 2. The highest BCUT2D eigenvalue weighted by Gasteiger charge is 2.24. The average Bonchev–Trinajstić information content (AvgIpc) is 2.55. The molecule has 0 unspecified atom stereocenters. The molecule has 0 spiro atoms. The van der Waals surface area contributed by atoms with Crippen LogP contribution in [0.25, 0.3) is 0 Å². The highest BCUT2D eigenvalue weighted by Crippen LogP contribution is 2.41. The Morgan fingerprint density at radius 2 is 1.69 bits per heavy atom. The van der Waals surface area contributed by atoms with Gasteiger partial charge in [-0.2, -0.15) is 0 Å². The Kier molecular flexibility index (Phi) is 5.06. The van der Waals surface area contributed by atoms with E-state index in [0.29, 0.717) is 11.8 Å². The quantitative estimate of drug-likeness (QED) is 0.316. The third kappa shape index (κ3) is 4.05. The first kappa shape index (κ1) is 18.3. The third-order valence-electron chi connectivity index (χ3n) is 3.02. The van der Waals surface area contributed by atoms with Crippen LogP contribution in [0.3, 0.4) is 0 Å². The Hall–Kier alpha value is -4.09. The predicted molar refractivity (Wildman–Crippen MR) is 88.0 cm³/mol. The summed E-state index contributed by atoms with van der Waals surface area (Å²) in [4.78, 5) is 30.9. The number of rotatable bonds is 5. The fraction of sp³-hybridized carbons (Fsp3) is 0.0714. The average molecular weight is 361 g/mol. The van der Waals surface area contributed by atoms with Crippen LogP contribution in [0, 0.1) is 20.2 Å². The molecule has 2 aromatic rings. The van der Waals surface area contributed by atoms with Gasteiger partial charge in [0.05, 0.1) is 15.9 Å². The molecule has 12 nitrogen and oxygen atoms in total. The first-order valence-corrected chi connectivity index (χ1v) is 6.87. The summed E-state index contributed by atoms with van der Waals surface area (Å²) in [5.74, 6) is -1.62. The standard InChI is InChI=1S/C14H11N5O7/c1-7(20)15-8-2-3-13(21)10(4-8)16-17-11-5-9(18(23)24)6-12(14(11)22)19(25)26/h2-6,21-22H,1H3,(H,15,20). The third-order valence-corrected chi connectivity index (χ3v) is 3.02. The molecule has 0 aliphatic rings.